The number of hydrogen-bond donors (Lipinski definition) is 3. The van der Waals surface area contributed by atoms with E-state index in [1.807, 2.05) is 6.92 Å². The minimum Gasteiger partial charge on any atom is -0.497 e. The van der Waals surface area contributed by atoms with Gasteiger partial charge in [-0.15, -0.1) is 0 Å². The molecule has 6 heteroatoms. The first-order valence-electron chi connectivity index (χ1n) is 5.41. The fraction of sp³-hybridized carbons (Fsp3) is 0.167. The number of nitrogens with one attached hydrogen (secondary N) is 3. The summed E-state index contributed by atoms with van der Waals surface area (Å²) >= 11 is 0. The second kappa shape index (κ2) is 5.22. The Morgan fingerprint density at radius 2 is 2.00 bits per heavy atom. The van der Waals surface area contributed by atoms with Crippen molar-refractivity contribution < 1.29 is 9.53 Å². The lowest BCUT2D eigenvalue weighted by atomic mass is 10.3. The lowest BCUT2D eigenvalue weighted by Crippen LogP contribution is -2.20. The van der Waals surface area contributed by atoms with Crippen molar-refractivity contribution >= 4 is 17.5 Å². The number of ether oxygens (including phenoxy) is 1. The summed E-state index contributed by atoms with van der Waals surface area (Å²) in [7, 11) is 1.59. The molecule has 0 saturated carbocycles. The predicted octanol–water partition coefficient (Wildman–Crippen LogP) is 2.37. The Hall–Kier alpha value is -2.50. The number of H-pyrrole nitrogens is 1. The van der Waals surface area contributed by atoms with Crippen molar-refractivity contribution in [2.75, 3.05) is 17.7 Å². The van der Waals surface area contributed by atoms with Crippen molar-refractivity contribution in [3.63, 3.8) is 0 Å². The van der Waals surface area contributed by atoms with Crippen molar-refractivity contribution in [1.82, 2.24) is 10.2 Å². The number of methoxy groups -OCH3 is 1. The summed E-state index contributed by atoms with van der Waals surface area (Å²) in [6.45, 7) is 1.85. The molecular formula is C12H14N4O2. The first-order chi connectivity index (χ1) is 8.69. The normalized spacial score (nSPS) is 9.89. The maximum atomic E-state index is 11.7. The van der Waals surface area contributed by atoms with E-state index in [0.717, 1.165) is 11.3 Å². The van der Waals surface area contributed by atoms with E-state index in [1.165, 1.54) is 0 Å². The van der Waals surface area contributed by atoms with Gasteiger partial charge in [0.1, 0.15) is 11.6 Å². The van der Waals surface area contributed by atoms with Gasteiger partial charge in [-0.25, -0.2) is 4.79 Å². The van der Waals surface area contributed by atoms with Gasteiger partial charge in [0.05, 0.1) is 13.3 Å². The van der Waals surface area contributed by atoms with Crippen molar-refractivity contribution in [2.45, 2.75) is 6.92 Å². The number of hydrogen-bond acceptors (Lipinski definition) is 3. The van der Waals surface area contributed by atoms with E-state index >= 15 is 0 Å². The van der Waals surface area contributed by atoms with E-state index in [1.54, 1.807) is 37.6 Å². The monoisotopic (exact) mass is 246 g/mol. The lowest BCUT2D eigenvalue weighted by Gasteiger charge is -2.07. The molecule has 0 bridgehead atoms. The summed E-state index contributed by atoms with van der Waals surface area (Å²) in [6, 6.07) is 6.75. The molecule has 0 aliphatic heterocycles. The maximum absolute atomic E-state index is 11.7. The van der Waals surface area contributed by atoms with Crippen LogP contribution in [0, 0.1) is 6.92 Å². The molecule has 1 aromatic carbocycles. The number of benzene rings is 1. The number of carbonyl (C=O) groups excluding carboxylic acids is 1. The second-order valence-corrected chi connectivity index (χ2v) is 3.74. The van der Waals surface area contributed by atoms with Gasteiger partial charge in [-0.2, -0.15) is 5.10 Å². The third-order valence-electron chi connectivity index (χ3n) is 2.42. The first-order valence-corrected chi connectivity index (χ1v) is 5.41. The predicted molar refractivity (Wildman–Crippen MR) is 69.0 cm³/mol. The van der Waals surface area contributed by atoms with Gasteiger partial charge in [0.25, 0.3) is 0 Å². The van der Waals surface area contributed by atoms with E-state index in [0.29, 0.717) is 11.5 Å². The Labute approximate surface area is 104 Å². The third-order valence-corrected chi connectivity index (χ3v) is 2.42. The Morgan fingerprint density at radius 3 is 2.56 bits per heavy atom. The highest BCUT2D eigenvalue weighted by Crippen LogP contribution is 2.15. The number of aromatic amines is 1. The Bertz CT molecular complexity index is 533. The molecule has 0 unspecified atom stereocenters. The largest absolute Gasteiger partial charge is 0.497 e. The van der Waals surface area contributed by atoms with E-state index in [4.69, 9.17) is 4.74 Å². The van der Waals surface area contributed by atoms with E-state index in [9.17, 15) is 4.79 Å². The Kier molecular flexibility index (Phi) is 3.47. The van der Waals surface area contributed by atoms with Crippen molar-refractivity contribution in [3.05, 3.63) is 36.0 Å². The van der Waals surface area contributed by atoms with Crippen LogP contribution in [0.15, 0.2) is 30.5 Å². The molecule has 94 valence electrons. The van der Waals surface area contributed by atoms with Gasteiger partial charge in [0, 0.05) is 11.3 Å². The summed E-state index contributed by atoms with van der Waals surface area (Å²) in [5, 5.41) is 11.9. The number of anilines is 2. The van der Waals surface area contributed by atoms with Crippen LogP contribution in [0.3, 0.4) is 0 Å². The summed E-state index contributed by atoms with van der Waals surface area (Å²) in [6.07, 6.45) is 1.64. The molecular weight excluding hydrogens is 232 g/mol. The number of rotatable bonds is 3. The zero-order valence-corrected chi connectivity index (χ0v) is 10.2. The van der Waals surface area contributed by atoms with Gasteiger partial charge in [-0.1, -0.05) is 0 Å². The molecule has 0 radical (unpaired) electrons. The second-order valence-electron chi connectivity index (χ2n) is 3.74. The zero-order chi connectivity index (χ0) is 13.0. The van der Waals surface area contributed by atoms with Crippen LogP contribution >= 0.6 is 0 Å². The van der Waals surface area contributed by atoms with E-state index < -0.39 is 0 Å². The molecule has 6 nitrogen and oxygen atoms in total. The summed E-state index contributed by atoms with van der Waals surface area (Å²) in [5.74, 6) is 1.33. The molecule has 0 aliphatic rings. The standard InChI is InChI=1S/C12H14N4O2/c1-8-7-13-16-11(8)15-12(17)14-9-3-5-10(18-2)6-4-9/h3-7H,1-2H3,(H3,13,14,15,16,17). The van der Waals surface area contributed by atoms with Crippen LogP contribution in [-0.2, 0) is 0 Å². The number of carbonyl (C=O) groups is 1. The average Bonchev–Trinajstić information content (AvgIpc) is 2.76. The molecule has 0 saturated heterocycles. The maximum Gasteiger partial charge on any atom is 0.324 e. The van der Waals surface area contributed by atoms with Crippen molar-refractivity contribution in [1.29, 1.82) is 0 Å². The molecule has 0 atom stereocenters. The fourth-order valence-corrected chi connectivity index (χ4v) is 1.42. The number of amides is 2. The Balaban J connectivity index is 1.96. The van der Waals surface area contributed by atoms with Gasteiger partial charge in [-0.05, 0) is 31.2 Å². The van der Waals surface area contributed by atoms with Gasteiger partial charge >= 0.3 is 6.03 Å². The molecule has 3 N–H and O–H groups in total. The smallest absolute Gasteiger partial charge is 0.324 e. The molecule has 0 fully saturated rings. The number of nitrogens with zero attached hydrogens (tertiary/aromatic N) is 1. The first kappa shape index (κ1) is 12.0. The van der Waals surface area contributed by atoms with Crippen LogP contribution in [0.4, 0.5) is 16.3 Å². The lowest BCUT2D eigenvalue weighted by molar-refractivity contribution is 0.262. The number of aryl methyl sites for hydroxylation is 1. The van der Waals surface area contributed by atoms with Crippen LogP contribution < -0.4 is 15.4 Å². The summed E-state index contributed by atoms with van der Waals surface area (Å²) < 4.78 is 5.03. The van der Waals surface area contributed by atoms with Crippen LogP contribution in [0.25, 0.3) is 0 Å². The third kappa shape index (κ3) is 2.79. The Morgan fingerprint density at radius 1 is 1.28 bits per heavy atom. The SMILES string of the molecule is COc1ccc(NC(=O)Nc2[nH]ncc2C)cc1. The highest BCUT2D eigenvalue weighted by atomic mass is 16.5. The van der Waals surface area contributed by atoms with Crippen LogP contribution in [0.1, 0.15) is 5.56 Å². The molecule has 1 aromatic heterocycles. The van der Waals surface area contributed by atoms with Gasteiger partial charge in [-0.3, -0.25) is 10.4 Å². The highest BCUT2D eigenvalue weighted by Gasteiger charge is 2.06. The topological polar surface area (TPSA) is 79.0 Å². The van der Waals surface area contributed by atoms with Crippen LogP contribution in [-0.4, -0.2) is 23.3 Å². The molecule has 2 aromatic rings. The van der Waals surface area contributed by atoms with Crippen molar-refractivity contribution in [2.24, 2.45) is 0 Å². The van der Waals surface area contributed by atoms with E-state index in [-0.39, 0.29) is 6.03 Å². The molecule has 18 heavy (non-hydrogen) atoms. The highest BCUT2D eigenvalue weighted by molar-refractivity contribution is 5.99. The molecule has 1 heterocycles. The van der Waals surface area contributed by atoms with E-state index in [2.05, 4.69) is 20.8 Å². The molecule has 0 aliphatic carbocycles. The molecule has 2 amide bonds. The number of urea groups is 1. The van der Waals surface area contributed by atoms with Crippen LogP contribution in [0.5, 0.6) is 5.75 Å². The molecule has 0 spiro atoms. The molecule has 2 rings (SSSR count). The minimum atomic E-state index is -0.326. The van der Waals surface area contributed by atoms with Gasteiger partial charge < -0.3 is 10.1 Å². The quantitative estimate of drug-likeness (QED) is 0.777. The van der Waals surface area contributed by atoms with Gasteiger partial charge in [0.2, 0.25) is 0 Å². The number of aromatic nitrogens is 2. The average molecular weight is 246 g/mol. The van der Waals surface area contributed by atoms with Gasteiger partial charge in [0.15, 0.2) is 0 Å². The van der Waals surface area contributed by atoms with Crippen molar-refractivity contribution in [3.8, 4) is 5.75 Å². The fourth-order valence-electron chi connectivity index (χ4n) is 1.42. The summed E-state index contributed by atoms with van der Waals surface area (Å²) in [4.78, 5) is 11.7. The van der Waals surface area contributed by atoms with Crippen LogP contribution in [0.2, 0.25) is 0 Å². The zero-order valence-electron chi connectivity index (χ0n) is 10.2. The summed E-state index contributed by atoms with van der Waals surface area (Å²) in [5.41, 5.74) is 1.56. The minimum absolute atomic E-state index is 0.326.